The summed E-state index contributed by atoms with van der Waals surface area (Å²) in [5, 5.41) is 10.5. The Morgan fingerprint density at radius 3 is 2.61 bits per heavy atom. The summed E-state index contributed by atoms with van der Waals surface area (Å²) in [5.74, 6) is 1.31. The highest BCUT2D eigenvalue weighted by Gasteiger charge is 2.21. The second kappa shape index (κ2) is 9.33. The highest BCUT2D eigenvalue weighted by atomic mass is 16.2. The maximum Gasteiger partial charge on any atom is 0.245 e. The Bertz CT molecular complexity index is 1540. The van der Waals surface area contributed by atoms with Gasteiger partial charge in [-0.15, -0.1) is 0 Å². The van der Waals surface area contributed by atoms with Crippen LogP contribution >= 0.6 is 0 Å². The minimum Gasteiger partial charge on any atom is -0.399 e. The van der Waals surface area contributed by atoms with Crippen molar-refractivity contribution in [3.8, 4) is 11.4 Å². The van der Waals surface area contributed by atoms with E-state index in [9.17, 15) is 4.79 Å². The first-order valence-corrected chi connectivity index (χ1v) is 11.3. The number of pyridine rings is 1. The van der Waals surface area contributed by atoms with Gasteiger partial charge in [0.1, 0.15) is 18.2 Å². The quantitative estimate of drug-likeness (QED) is 0.254. The van der Waals surface area contributed by atoms with Crippen molar-refractivity contribution in [1.29, 1.82) is 0 Å². The molecule has 0 unspecified atom stereocenters. The largest absolute Gasteiger partial charge is 0.399 e. The summed E-state index contributed by atoms with van der Waals surface area (Å²) in [6.45, 7) is 4.40. The lowest BCUT2D eigenvalue weighted by molar-refractivity contribution is -0.116. The molecule has 1 amide bonds. The van der Waals surface area contributed by atoms with Crippen LogP contribution in [0, 0.1) is 6.92 Å². The fourth-order valence-electron chi connectivity index (χ4n) is 3.89. The van der Waals surface area contributed by atoms with Crippen LogP contribution in [0.2, 0.25) is 0 Å². The molecule has 12 heteroatoms. The number of fused-ring (bicyclic) bond motifs is 1. The fraction of sp³-hybridized carbons (Fsp3) is 0.167. The fourth-order valence-corrected chi connectivity index (χ4v) is 3.89. The first kappa shape index (κ1) is 22.8. The molecular formula is C24H25N11O. The van der Waals surface area contributed by atoms with E-state index in [1.54, 1.807) is 39.8 Å². The minimum atomic E-state index is -0.265. The summed E-state index contributed by atoms with van der Waals surface area (Å²) < 4.78 is 3.43. The number of amides is 1. The number of carbonyl (C=O) groups excluding carboxylic acids is 1. The van der Waals surface area contributed by atoms with Crippen molar-refractivity contribution in [2.24, 2.45) is 0 Å². The smallest absolute Gasteiger partial charge is 0.245 e. The van der Waals surface area contributed by atoms with E-state index in [1.165, 1.54) is 0 Å². The first-order valence-electron chi connectivity index (χ1n) is 11.3. The molecule has 0 fully saturated rings. The van der Waals surface area contributed by atoms with E-state index in [2.05, 4.69) is 30.7 Å². The summed E-state index contributed by atoms with van der Waals surface area (Å²) in [4.78, 5) is 30.9. The van der Waals surface area contributed by atoms with Crippen LogP contribution in [0.1, 0.15) is 12.6 Å². The zero-order valence-electron chi connectivity index (χ0n) is 19.8. The van der Waals surface area contributed by atoms with Gasteiger partial charge in [0.25, 0.3) is 0 Å². The third kappa shape index (κ3) is 4.51. The number of benzene rings is 1. The van der Waals surface area contributed by atoms with Crippen LogP contribution in [-0.4, -0.2) is 40.2 Å². The van der Waals surface area contributed by atoms with Crippen LogP contribution in [-0.2, 0) is 17.9 Å². The van der Waals surface area contributed by atoms with Gasteiger partial charge in [-0.2, -0.15) is 15.1 Å². The lowest BCUT2D eigenvalue weighted by Crippen LogP contribution is -2.21. The standard InChI is InChI=1S/C24H25N11O/c1-3-35-18(11-14(2)33-35)29-19(36)13-34-22(15-5-4-10-27-12-15)30-20-21(31-24(26)32-23(20)34)28-17-8-6-16(25)7-9-17/h4-12H,3,13,25H2,1-2H3,(H,29,36)(H3,26,28,31,32). The molecule has 0 spiro atoms. The Balaban J connectivity index is 1.58. The first-order chi connectivity index (χ1) is 17.4. The molecule has 0 aliphatic carbocycles. The van der Waals surface area contributed by atoms with Gasteiger partial charge < -0.3 is 22.1 Å². The van der Waals surface area contributed by atoms with Crippen molar-refractivity contribution in [3.05, 3.63) is 60.6 Å². The van der Waals surface area contributed by atoms with Gasteiger partial charge in [0, 0.05) is 41.9 Å². The van der Waals surface area contributed by atoms with Crippen LogP contribution in [0.15, 0.2) is 54.9 Å². The zero-order chi connectivity index (χ0) is 25.2. The number of hydrogen-bond acceptors (Lipinski definition) is 9. The average Bonchev–Trinajstić information content (AvgIpc) is 3.40. The molecule has 5 rings (SSSR count). The maximum atomic E-state index is 13.2. The lowest BCUT2D eigenvalue weighted by Gasteiger charge is -2.11. The van der Waals surface area contributed by atoms with Crippen molar-refractivity contribution < 1.29 is 4.79 Å². The molecule has 4 heterocycles. The Morgan fingerprint density at radius 1 is 1.08 bits per heavy atom. The number of rotatable bonds is 7. The predicted octanol–water partition coefficient (Wildman–Crippen LogP) is 2.96. The number of nitrogens with two attached hydrogens (primary N) is 2. The van der Waals surface area contributed by atoms with Gasteiger partial charge in [0.05, 0.1) is 5.69 Å². The Labute approximate surface area is 206 Å². The molecule has 0 aliphatic rings. The van der Waals surface area contributed by atoms with E-state index in [0.717, 1.165) is 16.9 Å². The highest BCUT2D eigenvalue weighted by molar-refractivity contribution is 5.94. The van der Waals surface area contributed by atoms with E-state index in [-0.39, 0.29) is 18.4 Å². The van der Waals surface area contributed by atoms with E-state index in [0.29, 0.717) is 40.9 Å². The summed E-state index contributed by atoms with van der Waals surface area (Å²) in [6, 6.07) is 12.7. The summed E-state index contributed by atoms with van der Waals surface area (Å²) >= 11 is 0. The van der Waals surface area contributed by atoms with E-state index >= 15 is 0 Å². The highest BCUT2D eigenvalue weighted by Crippen LogP contribution is 2.29. The molecule has 0 aliphatic heterocycles. The van der Waals surface area contributed by atoms with Crippen molar-refractivity contribution >= 4 is 46.0 Å². The molecule has 0 saturated carbocycles. The molecule has 4 aromatic heterocycles. The van der Waals surface area contributed by atoms with E-state index in [4.69, 9.17) is 16.5 Å². The molecule has 6 N–H and O–H groups in total. The molecular weight excluding hydrogens is 458 g/mol. The van der Waals surface area contributed by atoms with Gasteiger partial charge in [0.2, 0.25) is 11.9 Å². The van der Waals surface area contributed by atoms with Crippen LogP contribution in [0.3, 0.4) is 0 Å². The number of nitrogens with zero attached hydrogens (tertiary/aromatic N) is 7. The second-order valence-corrected chi connectivity index (χ2v) is 8.15. The van der Waals surface area contributed by atoms with E-state index in [1.807, 2.05) is 38.1 Å². The molecule has 0 bridgehead atoms. The van der Waals surface area contributed by atoms with Crippen molar-refractivity contribution in [1.82, 2.24) is 34.3 Å². The summed E-state index contributed by atoms with van der Waals surface area (Å²) in [5.41, 5.74) is 15.7. The molecule has 12 nitrogen and oxygen atoms in total. The number of nitrogens with one attached hydrogen (secondary N) is 2. The summed E-state index contributed by atoms with van der Waals surface area (Å²) in [7, 11) is 0. The Morgan fingerprint density at radius 2 is 1.89 bits per heavy atom. The monoisotopic (exact) mass is 483 g/mol. The van der Waals surface area contributed by atoms with Gasteiger partial charge in [-0.25, -0.2) is 9.67 Å². The molecule has 36 heavy (non-hydrogen) atoms. The van der Waals surface area contributed by atoms with E-state index < -0.39 is 0 Å². The molecule has 0 radical (unpaired) electrons. The van der Waals surface area contributed by atoms with Crippen molar-refractivity contribution in [2.75, 3.05) is 22.1 Å². The predicted molar refractivity (Wildman–Crippen MR) is 138 cm³/mol. The van der Waals surface area contributed by atoms with Crippen LogP contribution in [0.25, 0.3) is 22.6 Å². The zero-order valence-corrected chi connectivity index (χ0v) is 19.8. The number of aromatic nitrogens is 7. The minimum absolute atomic E-state index is 0.0411. The summed E-state index contributed by atoms with van der Waals surface area (Å²) in [6.07, 6.45) is 3.35. The number of nitrogen functional groups attached to an aromatic ring is 2. The Hall–Kier alpha value is -5.00. The maximum absolute atomic E-state index is 13.2. The van der Waals surface area contributed by atoms with Crippen LogP contribution in [0.4, 0.5) is 29.0 Å². The topological polar surface area (TPSA) is 167 Å². The van der Waals surface area contributed by atoms with Gasteiger partial charge in [-0.1, -0.05) is 0 Å². The number of carbonyl (C=O) groups is 1. The van der Waals surface area contributed by atoms with Gasteiger partial charge in [-0.05, 0) is 50.2 Å². The van der Waals surface area contributed by atoms with Crippen LogP contribution < -0.4 is 22.1 Å². The van der Waals surface area contributed by atoms with Gasteiger partial charge >= 0.3 is 0 Å². The second-order valence-electron chi connectivity index (χ2n) is 8.15. The van der Waals surface area contributed by atoms with Gasteiger partial charge in [0.15, 0.2) is 17.0 Å². The number of aryl methyl sites for hydroxylation is 2. The number of hydrogen-bond donors (Lipinski definition) is 4. The molecule has 5 aromatic rings. The van der Waals surface area contributed by atoms with Crippen molar-refractivity contribution in [3.63, 3.8) is 0 Å². The Kier molecular flexibility index (Phi) is 5.90. The molecule has 0 saturated heterocycles. The normalized spacial score (nSPS) is 11.1. The molecule has 1 aromatic carbocycles. The SMILES string of the molecule is CCn1nc(C)cc1NC(=O)Cn1c(-c2cccnc2)nc2c(Nc3ccc(N)cc3)nc(N)nc21. The third-order valence-electron chi connectivity index (χ3n) is 5.48. The van der Waals surface area contributed by atoms with Gasteiger partial charge in [-0.3, -0.25) is 14.3 Å². The lowest BCUT2D eigenvalue weighted by atomic mass is 10.2. The molecule has 182 valence electrons. The number of anilines is 5. The molecule has 0 atom stereocenters. The average molecular weight is 484 g/mol. The third-order valence-corrected chi connectivity index (χ3v) is 5.48. The van der Waals surface area contributed by atoms with Crippen LogP contribution in [0.5, 0.6) is 0 Å². The number of imidazole rings is 1. The van der Waals surface area contributed by atoms with Crippen molar-refractivity contribution in [2.45, 2.75) is 26.9 Å².